The summed E-state index contributed by atoms with van der Waals surface area (Å²) >= 11 is 1.03. The zero-order valence-corrected chi connectivity index (χ0v) is 12.7. The Morgan fingerprint density at radius 2 is 2.14 bits per heavy atom. The molecule has 2 aliphatic rings. The Morgan fingerprint density at radius 3 is 2.71 bits per heavy atom. The van der Waals surface area contributed by atoms with Gasteiger partial charge in [-0.05, 0) is 26.3 Å². The van der Waals surface area contributed by atoms with Gasteiger partial charge < -0.3 is 9.32 Å². The summed E-state index contributed by atoms with van der Waals surface area (Å²) < 4.78 is 5.39. The van der Waals surface area contributed by atoms with Gasteiger partial charge in [0.2, 0.25) is 5.91 Å². The van der Waals surface area contributed by atoms with E-state index >= 15 is 0 Å². The smallest absolute Gasteiger partial charge is 0.289 e. The summed E-state index contributed by atoms with van der Waals surface area (Å²) in [7, 11) is 0. The SMILES string of the molecule is Cc1cc(C(=O)N2CCC(N3C(=O)CSC3=O)C2)c(C)o1. The molecule has 1 atom stereocenters. The largest absolute Gasteiger partial charge is 0.466 e. The molecule has 21 heavy (non-hydrogen) atoms. The highest BCUT2D eigenvalue weighted by molar-refractivity contribution is 8.14. The Balaban J connectivity index is 1.72. The fourth-order valence-electron chi connectivity index (χ4n) is 2.87. The molecular formula is C14H16N2O4S. The third-order valence-electron chi connectivity index (χ3n) is 3.87. The number of amides is 3. The minimum atomic E-state index is -0.199. The van der Waals surface area contributed by atoms with Crippen LogP contribution in [0.2, 0.25) is 0 Å². The van der Waals surface area contributed by atoms with Gasteiger partial charge in [-0.1, -0.05) is 11.8 Å². The third-order valence-corrected chi connectivity index (χ3v) is 4.71. The minimum Gasteiger partial charge on any atom is -0.466 e. The van der Waals surface area contributed by atoms with Gasteiger partial charge in [0, 0.05) is 13.1 Å². The maximum atomic E-state index is 12.5. The molecule has 7 heteroatoms. The summed E-state index contributed by atoms with van der Waals surface area (Å²) in [5, 5.41) is -0.199. The lowest BCUT2D eigenvalue weighted by Crippen LogP contribution is -2.41. The third kappa shape index (κ3) is 2.46. The summed E-state index contributed by atoms with van der Waals surface area (Å²) in [4.78, 5) is 38.9. The first-order valence-electron chi connectivity index (χ1n) is 6.82. The summed E-state index contributed by atoms with van der Waals surface area (Å²) in [6, 6.07) is 1.53. The number of thioether (sulfide) groups is 1. The molecule has 3 heterocycles. The van der Waals surface area contributed by atoms with Crippen molar-refractivity contribution >= 4 is 28.8 Å². The van der Waals surface area contributed by atoms with E-state index in [-0.39, 0.29) is 28.8 Å². The van der Waals surface area contributed by atoms with E-state index in [1.165, 1.54) is 4.90 Å². The van der Waals surface area contributed by atoms with Crippen LogP contribution in [0.4, 0.5) is 4.79 Å². The van der Waals surface area contributed by atoms with E-state index in [4.69, 9.17) is 4.42 Å². The van der Waals surface area contributed by atoms with Gasteiger partial charge in [-0.3, -0.25) is 19.3 Å². The molecule has 0 aromatic carbocycles. The lowest BCUT2D eigenvalue weighted by Gasteiger charge is -2.21. The number of hydrogen-bond acceptors (Lipinski definition) is 5. The van der Waals surface area contributed by atoms with Gasteiger partial charge in [0.15, 0.2) is 0 Å². The number of furan rings is 1. The van der Waals surface area contributed by atoms with Crippen LogP contribution in [0.1, 0.15) is 28.3 Å². The van der Waals surface area contributed by atoms with Gasteiger partial charge >= 0.3 is 0 Å². The standard InChI is InChI=1S/C14H16N2O4S/c1-8-5-11(9(2)20-8)13(18)15-4-3-10(6-15)16-12(17)7-21-14(16)19/h5,10H,3-4,6-7H2,1-2H3. The summed E-state index contributed by atoms with van der Waals surface area (Å²) in [5.41, 5.74) is 0.557. The average molecular weight is 308 g/mol. The van der Waals surface area contributed by atoms with Crippen LogP contribution < -0.4 is 0 Å². The van der Waals surface area contributed by atoms with E-state index in [9.17, 15) is 14.4 Å². The molecule has 6 nitrogen and oxygen atoms in total. The summed E-state index contributed by atoms with van der Waals surface area (Å²) in [6.45, 7) is 4.52. The molecule has 3 rings (SSSR count). The molecule has 2 saturated heterocycles. The number of imide groups is 1. The van der Waals surface area contributed by atoms with Gasteiger partial charge in [-0.2, -0.15) is 0 Å². The Labute approximate surface area is 126 Å². The molecule has 1 aromatic heterocycles. The van der Waals surface area contributed by atoms with Crippen molar-refractivity contribution in [1.29, 1.82) is 0 Å². The first kappa shape index (κ1) is 14.2. The molecule has 0 aliphatic carbocycles. The molecule has 2 aliphatic heterocycles. The van der Waals surface area contributed by atoms with E-state index in [0.29, 0.717) is 36.6 Å². The van der Waals surface area contributed by atoms with Crippen molar-refractivity contribution in [2.45, 2.75) is 26.3 Å². The topological polar surface area (TPSA) is 70.8 Å². The quantitative estimate of drug-likeness (QED) is 0.833. The number of carbonyl (C=O) groups excluding carboxylic acids is 3. The maximum absolute atomic E-state index is 12.5. The first-order chi connectivity index (χ1) is 9.97. The molecule has 0 spiro atoms. The second-order valence-electron chi connectivity index (χ2n) is 5.34. The molecule has 0 N–H and O–H groups in total. The summed E-state index contributed by atoms with van der Waals surface area (Å²) in [5.74, 6) is 1.26. The molecule has 3 amide bonds. The van der Waals surface area contributed by atoms with Gasteiger partial charge in [0.1, 0.15) is 11.5 Å². The number of hydrogen-bond donors (Lipinski definition) is 0. The second kappa shape index (κ2) is 5.22. The monoisotopic (exact) mass is 308 g/mol. The van der Waals surface area contributed by atoms with Crippen LogP contribution in [0.25, 0.3) is 0 Å². The molecule has 0 radical (unpaired) electrons. The number of likely N-dealkylation sites (tertiary alicyclic amines) is 1. The van der Waals surface area contributed by atoms with Crippen molar-refractivity contribution in [2.24, 2.45) is 0 Å². The van der Waals surface area contributed by atoms with Crippen molar-refractivity contribution in [3.05, 3.63) is 23.2 Å². The van der Waals surface area contributed by atoms with Crippen LogP contribution in [0.3, 0.4) is 0 Å². The Bertz CT molecular complexity index is 608. The van der Waals surface area contributed by atoms with Crippen molar-refractivity contribution in [3.63, 3.8) is 0 Å². The average Bonchev–Trinajstić information content (AvgIpc) is 3.10. The predicted molar refractivity (Wildman–Crippen MR) is 77.2 cm³/mol. The Morgan fingerprint density at radius 1 is 1.38 bits per heavy atom. The maximum Gasteiger partial charge on any atom is 0.289 e. The van der Waals surface area contributed by atoms with Crippen LogP contribution in [0, 0.1) is 13.8 Å². The lowest BCUT2D eigenvalue weighted by molar-refractivity contribution is -0.126. The van der Waals surface area contributed by atoms with Crippen LogP contribution in [-0.4, -0.2) is 51.7 Å². The van der Waals surface area contributed by atoms with Crippen LogP contribution >= 0.6 is 11.8 Å². The number of rotatable bonds is 2. The zero-order valence-electron chi connectivity index (χ0n) is 11.9. The fourth-order valence-corrected chi connectivity index (χ4v) is 3.64. The van der Waals surface area contributed by atoms with Crippen LogP contribution in [-0.2, 0) is 4.79 Å². The number of carbonyl (C=O) groups is 3. The van der Waals surface area contributed by atoms with E-state index in [2.05, 4.69) is 0 Å². The van der Waals surface area contributed by atoms with Crippen molar-refractivity contribution in [2.75, 3.05) is 18.8 Å². The van der Waals surface area contributed by atoms with E-state index in [1.54, 1.807) is 24.8 Å². The number of nitrogens with zero attached hydrogens (tertiary/aromatic N) is 2. The Hall–Kier alpha value is -1.76. The minimum absolute atomic E-state index is 0.0985. The summed E-state index contributed by atoms with van der Waals surface area (Å²) in [6.07, 6.45) is 0.639. The van der Waals surface area contributed by atoms with Gasteiger partial charge in [0.05, 0.1) is 17.4 Å². The lowest BCUT2D eigenvalue weighted by atomic mass is 10.2. The first-order valence-corrected chi connectivity index (χ1v) is 7.81. The molecule has 1 aromatic rings. The van der Waals surface area contributed by atoms with E-state index in [1.807, 2.05) is 0 Å². The van der Waals surface area contributed by atoms with Gasteiger partial charge in [0.25, 0.3) is 11.1 Å². The molecular weight excluding hydrogens is 292 g/mol. The zero-order chi connectivity index (χ0) is 15.1. The molecule has 0 saturated carbocycles. The van der Waals surface area contributed by atoms with Gasteiger partial charge in [-0.25, -0.2) is 0 Å². The molecule has 112 valence electrons. The number of aryl methyl sites for hydroxylation is 2. The normalized spacial score (nSPS) is 22.5. The van der Waals surface area contributed by atoms with Crippen molar-refractivity contribution in [3.8, 4) is 0 Å². The van der Waals surface area contributed by atoms with Crippen molar-refractivity contribution in [1.82, 2.24) is 9.80 Å². The molecule has 0 bridgehead atoms. The van der Waals surface area contributed by atoms with Gasteiger partial charge in [-0.15, -0.1) is 0 Å². The van der Waals surface area contributed by atoms with E-state index in [0.717, 1.165) is 11.8 Å². The van der Waals surface area contributed by atoms with Crippen molar-refractivity contribution < 1.29 is 18.8 Å². The highest BCUT2D eigenvalue weighted by atomic mass is 32.2. The molecule has 1 unspecified atom stereocenters. The molecule has 2 fully saturated rings. The Kier molecular flexibility index (Phi) is 3.52. The highest BCUT2D eigenvalue weighted by Crippen LogP contribution is 2.27. The van der Waals surface area contributed by atoms with Crippen LogP contribution in [0.5, 0.6) is 0 Å². The van der Waals surface area contributed by atoms with E-state index < -0.39 is 0 Å². The second-order valence-corrected chi connectivity index (χ2v) is 6.27. The predicted octanol–water partition coefficient (Wildman–Crippen LogP) is 1.81. The fraction of sp³-hybridized carbons (Fsp3) is 0.500. The highest BCUT2D eigenvalue weighted by Gasteiger charge is 2.40. The van der Waals surface area contributed by atoms with Crippen LogP contribution in [0.15, 0.2) is 10.5 Å².